The third-order valence-corrected chi connectivity index (χ3v) is 6.36. The van der Waals surface area contributed by atoms with Crippen LogP contribution in [0, 0.1) is 18.0 Å². The monoisotopic (exact) mass is 422 g/mol. The Kier molecular flexibility index (Phi) is 4.49. The summed E-state index contributed by atoms with van der Waals surface area (Å²) in [6.07, 6.45) is 1.89. The molecule has 3 aromatic heterocycles. The van der Waals surface area contributed by atoms with Crippen LogP contribution in [0.25, 0.3) is 26.1 Å². The molecule has 0 saturated carbocycles. The van der Waals surface area contributed by atoms with Gasteiger partial charge in [-0.05, 0) is 22.9 Å². The topological polar surface area (TPSA) is 78.6 Å². The average molecular weight is 422 g/mol. The van der Waals surface area contributed by atoms with E-state index in [1.807, 2.05) is 65.5 Å². The summed E-state index contributed by atoms with van der Waals surface area (Å²) in [5.41, 5.74) is 4.67. The van der Waals surface area contributed by atoms with Gasteiger partial charge in [0.25, 0.3) is 0 Å². The Morgan fingerprint density at radius 3 is 1.87 bits per heavy atom. The van der Waals surface area contributed by atoms with Crippen LogP contribution in [0.15, 0.2) is 69.4 Å². The first-order chi connectivity index (χ1) is 14.8. The molecule has 0 N–H and O–H groups in total. The van der Waals surface area contributed by atoms with Crippen molar-refractivity contribution in [3.8, 4) is 27.3 Å². The number of nitriles is 1. The minimum atomic E-state index is 0.440. The number of benzene rings is 1. The van der Waals surface area contributed by atoms with Crippen LogP contribution in [-0.2, 0) is 0 Å². The second kappa shape index (κ2) is 7.45. The lowest BCUT2D eigenvalue weighted by Gasteiger charge is -2.20. The summed E-state index contributed by atoms with van der Waals surface area (Å²) in [5, 5.41) is 17.4. The van der Waals surface area contributed by atoms with Crippen molar-refractivity contribution in [2.75, 3.05) is 0 Å². The van der Waals surface area contributed by atoms with E-state index in [4.69, 9.17) is 16.5 Å². The van der Waals surface area contributed by atoms with E-state index >= 15 is 0 Å². The second-order valence-electron chi connectivity index (χ2n) is 6.23. The van der Waals surface area contributed by atoms with E-state index in [1.165, 1.54) is 0 Å². The number of aliphatic imine (C=N–C) groups is 1. The summed E-state index contributed by atoms with van der Waals surface area (Å²) in [7, 11) is 0. The highest BCUT2D eigenvalue weighted by molar-refractivity contribution is 7.14. The van der Waals surface area contributed by atoms with Crippen molar-refractivity contribution in [3.63, 3.8) is 0 Å². The van der Waals surface area contributed by atoms with Crippen molar-refractivity contribution in [2.24, 2.45) is 10.1 Å². The molecule has 6 nitrogen and oxygen atoms in total. The lowest BCUT2D eigenvalue weighted by molar-refractivity contribution is 1.16. The van der Waals surface area contributed by atoms with Crippen LogP contribution in [0.3, 0.4) is 0 Å². The minimum absolute atomic E-state index is 0.440. The van der Waals surface area contributed by atoms with Crippen LogP contribution in [0.4, 0.5) is 0 Å². The number of thiophene rings is 2. The zero-order valence-corrected chi connectivity index (χ0v) is 16.9. The Morgan fingerprint density at radius 1 is 0.800 bits per heavy atom. The Labute approximate surface area is 180 Å². The smallest absolute Gasteiger partial charge is 0.206 e. The lowest BCUT2D eigenvalue weighted by atomic mass is 9.88. The van der Waals surface area contributed by atoms with Gasteiger partial charge in [0.2, 0.25) is 6.19 Å². The van der Waals surface area contributed by atoms with Gasteiger partial charge in [0, 0.05) is 11.1 Å². The number of hydrogen-bond donors (Lipinski definition) is 0. The van der Waals surface area contributed by atoms with Gasteiger partial charge in [0.15, 0.2) is 5.71 Å². The predicted octanol–water partition coefficient (Wildman–Crippen LogP) is 5.24. The Hall–Kier alpha value is -3.98. The molecule has 0 saturated heterocycles. The first kappa shape index (κ1) is 18.1. The minimum Gasteiger partial charge on any atom is -0.241 e. The molecule has 0 amide bonds. The molecule has 1 aliphatic rings. The Morgan fingerprint density at radius 2 is 1.37 bits per heavy atom. The molecule has 3 heterocycles. The Balaban J connectivity index is 1.90. The molecule has 0 fully saturated rings. The molecule has 0 radical (unpaired) electrons. The average Bonchev–Trinajstić information content (AvgIpc) is 3.49. The Bertz CT molecular complexity index is 1290. The molecule has 5 rings (SSSR count). The van der Waals surface area contributed by atoms with Crippen LogP contribution in [0.1, 0.15) is 22.5 Å². The van der Waals surface area contributed by atoms with Gasteiger partial charge in [-0.2, -0.15) is 16.8 Å². The zero-order chi connectivity index (χ0) is 20.5. The van der Waals surface area contributed by atoms with Crippen molar-refractivity contribution in [3.05, 3.63) is 93.3 Å². The molecular weight excluding hydrogens is 412 g/mol. The third-order valence-electron chi connectivity index (χ3n) is 4.60. The number of aromatic nitrogens is 2. The standard InChI is InChI=1S/C22H10N6S2/c1-24-28-18-14-7-3-2-6-13(14)17(25-12-23)21-22(18)27-20(16-9-5-11-30-16)19(26-21)15-8-4-10-29-15/h2-11H/b25-17-,28-18+. The van der Waals surface area contributed by atoms with E-state index in [9.17, 15) is 5.26 Å². The van der Waals surface area contributed by atoms with Gasteiger partial charge < -0.3 is 0 Å². The third kappa shape index (κ3) is 2.83. The quantitative estimate of drug-likeness (QED) is 0.222. The van der Waals surface area contributed by atoms with Gasteiger partial charge >= 0.3 is 0 Å². The highest BCUT2D eigenvalue weighted by atomic mass is 32.1. The number of rotatable bonds is 2. The SMILES string of the molecule is [C-]#[N+]/N=C1\c2ccccc2/C(=N/C#N)c2nc(-c3cccs3)c(-c3cccs3)nc21. The molecule has 30 heavy (non-hydrogen) atoms. The molecule has 0 unspecified atom stereocenters. The highest BCUT2D eigenvalue weighted by Gasteiger charge is 2.33. The predicted molar refractivity (Wildman–Crippen MR) is 119 cm³/mol. The number of nitrogens with zero attached hydrogens (tertiary/aromatic N) is 6. The van der Waals surface area contributed by atoms with Crippen LogP contribution in [-0.4, -0.2) is 21.4 Å². The van der Waals surface area contributed by atoms with Crippen molar-refractivity contribution >= 4 is 34.1 Å². The van der Waals surface area contributed by atoms with Crippen molar-refractivity contribution in [1.29, 1.82) is 5.26 Å². The van der Waals surface area contributed by atoms with E-state index in [2.05, 4.69) is 15.0 Å². The van der Waals surface area contributed by atoms with Crippen molar-refractivity contribution < 1.29 is 0 Å². The van der Waals surface area contributed by atoms with Crippen LogP contribution < -0.4 is 0 Å². The summed E-state index contributed by atoms with van der Waals surface area (Å²) in [5.74, 6) is 0. The molecule has 4 aromatic rings. The summed E-state index contributed by atoms with van der Waals surface area (Å²) in [4.78, 5) is 19.1. The maximum Gasteiger partial charge on any atom is 0.206 e. The summed E-state index contributed by atoms with van der Waals surface area (Å²) < 4.78 is 0. The molecule has 0 aliphatic heterocycles. The van der Waals surface area contributed by atoms with E-state index in [0.29, 0.717) is 33.9 Å². The molecule has 8 heteroatoms. The summed E-state index contributed by atoms with van der Waals surface area (Å²) >= 11 is 3.14. The van der Waals surface area contributed by atoms with Gasteiger partial charge in [0.1, 0.15) is 28.5 Å². The molecule has 1 aromatic carbocycles. The second-order valence-corrected chi connectivity index (χ2v) is 8.12. The number of fused-ring (bicyclic) bond motifs is 2. The van der Waals surface area contributed by atoms with Crippen LogP contribution in [0.2, 0.25) is 0 Å². The summed E-state index contributed by atoms with van der Waals surface area (Å²) in [6, 6.07) is 15.3. The van der Waals surface area contributed by atoms with Crippen LogP contribution in [0.5, 0.6) is 0 Å². The maximum atomic E-state index is 9.34. The van der Waals surface area contributed by atoms with E-state index < -0.39 is 0 Å². The normalized spacial score (nSPS) is 14.7. The van der Waals surface area contributed by atoms with Crippen molar-refractivity contribution in [1.82, 2.24) is 9.97 Å². The summed E-state index contributed by atoms with van der Waals surface area (Å²) in [6.45, 7) is 7.31. The van der Waals surface area contributed by atoms with E-state index in [0.717, 1.165) is 21.1 Å². The van der Waals surface area contributed by atoms with Gasteiger partial charge in [-0.1, -0.05) is 36.4 Å². The van der Waals surface area contributed by atoms with Gasteiger partial charge in [0.05, 0.1) is 14.9 Å². The van der Waals surface area contributed by atoms with Gasteiger partial charge in [-0.3, -0.25) is 0 Å². The van der Waals surface area contributed by atoms with Crippen LogP contribution >= 0.6 is 22.7 Å². The van der Waals surface area contributed by atoms with Gasteiger partial charge in [-0.25, -0.2) is 9.97 Å². The molecule has 1 aliphatic carbocycles. The largest absolute Gasteiger partial charge is 0.241 e. The first-order valence-corrected chi connectivity index (χ1v) is 10.6. The highest BCUT2D eigenvalue weighted by Crippen LogP contribution is 2.37. The molecule has 0 bridgehead atoms. The molecule has 0 spiro atoms. The molecule has 0 atom stereocenters. The molecular formula is C22H10N6S2. The first-order valence-electron chi connectivity index (χ1n) is 8.83. The fourth-order valence-corrected chi connectivity index (χ4v) is 4.83. The van der Waals surface area contributed by atoms with E-state index in [1.54, 1.807) is 22.7 Å². The van der Waals surface area contributed by atoms with E-state index in [-0.39, 0.29) is 0 Å². The fourth-order valence-electron chi connectivity index (χ4n) is 3.40. The molecule has 140 valence electrons. The fraction of sp³-hybridized carbons (Fsp3) is 0. The lowest BCUT2D eigenvalue weighted by Crippen LogP contribution is -2.25. The maximum absolute atomic E-state index is 9.34. The number of hydrogen-bond acceptors (Lipinski definition) is 7. The van der Waals surface area contributed by atoms with Crippen molar-refractivity contribution in [2.45, 2.75) is 0 Å². The zero-order valence-electron chi connectivity index (χ0n) is 15.3. The van der Waals surface area contributed by atoms with Gasteiger partial charge in [-0.15, -0.1) is 27.6 Å².